The first kappa shape index (κ1) is 12.4. The van der Waals surface area contributed by atoms with Crippen LogP contribution in [-0.2, 0) is 4.79 Å². The summed E-state index contributed by atoms with van der Waals surface area (Å²) in [5.41, 5.74) is 0.700. The molecule has 1 rings (SSSR count). The first-order valence-electron chi connectivity index (χ1n) is 5.48. The molecular formula is C13H17NO2. The molecule has 0 aliphatic heterocycles. The Balaban J connectivity index is 2.59. The fourth-order valence-corrected chi connectivity index (χ4v) is 1.55. The minimum atomic E-state index is -0.0901. The molecule has 1 aromatic carbocycles. The smallest absolute Gasteiger partial charge is 0.217 e. The van der Waals surface area contributed by atoms with Crippen LogP contribution in [0.1, 0.15) is 37.0 Å². The van der Waals surface area contributed by atoms with Crippen molar-refractivity contribution in [3.05, 3.63) is 35.9 Å². The molecule has 0 fully saturated rings. The second-order valence-corrected chi connectivity index (χ2v) is 3.80. The lowest BCUT2D eigenvalue weighted by molar-refractivity contribution is -0.119. The molecule has 1 unspecified atom stereocenters. The Labute approximate surface area is 95.9 Å². The number of hydrogen-bond acceptors (Lipinski definition) is 2. The standard InChI is InChI=1S/C13H17NO2/c1-3-12(14-10(2)15)9-13(16)11-7-5-4-6-8-11/h4-8,12H,3,9H2,1-2H3,(H,14,15). The predicted molar refractivity (Wildman–Crippen MR) is 63.3 cm³/mol. The number of carbonyl (C=O) groups is 2. The van der Waals surface area contributed by atoms with E-state index in [0.717, 1.165) is 6.42 Å². The summed E-state index contributed by atoms with van der Waals surface area (Å²) in [7, 11) is 0. The van der Waals surface area contributed by atoms with Crippen molar-refractivity contribution in [1.29, 1.82) is 0 Å². The largest absolute Gasteiger partial charge is 0.353 e. The molecule has 3 heteroatoms. The SMILES string of the molecule is CCC(CC(=O)c1ccccc1)NC(C)=O. The van der Waals surface area contributed by atoms with Gasteiger partial charge >= 0.3 is 0 Å². The predicted octanol–water partition coefficient (Wildman–Crippen LogP) is 2.17. The molecule has 0 aromatic heterocycles. The molecule has 16 heavy (non-hydrogen) atoms. The van der Waals surface area contributed by atoms with E-state index >= 15 is 0 Å². The molecule has 0 saturated heterocycles. The van der Waals surface area contributed by atoms with Gasteiger partial charge in [-0.1, -0.05) is 37.3 Å². The topological polar surface area (TPSA) is 46.2 Å². The van der Waals surface area contributed by atoms with E-state index in [1.54, 1.807) is 12.1 Å². The van der Waals surface area contributed by atoms with Crippen LogP contribution in [0.3, 0.4) is 0 Å². The highest BCUT2D eigenvalue weighted by Crippen LogP contribution is 2.07. The number of hydrogen-bond donors (Lipinski definition) is 1. The van der Waals surface area contributed by atoms with Gasteiger partial charge in [-0.2, -0.15) is 0 Å². The van der Waals surface area contributed by atoms with Crippen LogP contribution in [0.15, 0.2) is 30.3 Å². The lowest BCUT2D eigenvalue weighted by Gasteiger charge is -2.14. The summed E-state index contributed by atoms with van der Waals surface area (Å²) in [4.78, 5) is 22.8. The third-order valence-electron chi connectivity index (χ3n) is 2.43. The van der Waals surface area contributed by atoms with Crippen LogP contribution in [0.4, 0.5) is 0 Å². The molecular weight excluding hydrogens is 202 g/mol. The zero-order valence-electron chi connectivity index (χ0n) is 9.69. The summed E-state index contributed by atoms with van der Waals surface area (Å²) < 4.78 is 0. The van der Waals surface area contributed by atoms with Gasteiger partial charge in [0.15, 0.2) is 5.78 Å². The summed E-state index contributed by atoms with van der Waals surface area (Å²) in [5, 5.41) is 2.77. The van der Waals surface area contributed by atoms with E-state index in [2.05, 4.69) is 5.32 Å². The molecule has 1 amide bonds. The molecule has 0 aliphatic carbocycles. The third-order valence-corrected chi connectivity index (χ3v) is 2.43. The van der Waals surface area contributed by atoms with Crippen LogP contribution >= 0.6 is 0 Å². The number of Topliss-reactive ketones (excluding diaryl/α,β-unsaturated/α-hetero) is 1. The summed E-state index contributed by atoms with van der Waals surface area (Å²) in [6, 6.07) is 9.08. The van der Waals surface area contributed by atoms with Crippen molar-refractivity contribution in [1.82, 2.24) is 5.32 Å². The Kier molecular flexibility index (Phi) is 4.70. The Bertz CT molecular complexity index is 359. The van der Waals surface area contributed by atoms with Crippen molar-refractivity contribution >= 4 is 11.7 Å². The lowest BCUT2D eigenvalue weighted by Crippen LogP contribution is -2.34. The molecule has 86 valence electrons. The van der Waals surface area contributed by atoms with E-state index in [1.807, 2.05) is 25.1 Å². The average molecular weight is 219 g/mol. The highest BCUT2D eigenvalue weighted by molar-refractivity contribution is 5.96. The minimum absolute atomic E-state index is 0.0646. The van der Waals surface area contributed by atoms with Crippen LogP contribution in [0.2, 0.25) is 0 Å². The normalized spacial score (nSPS) is 11.9. The number of nitrogens with one attached hydrogen (secondary N) is 1. The highest BCUT2D eigenvalue weighted by Gasteiger charge is 2.13. The zero-order valence-corrected chi connectivity index (χ0v) is 9.69. The maximum absolute atomic E-state index is 11.8. The van der Waals surface area contributed by atoms with Gasteiger partial charge < -0.3 is 5.32 Å². The van der Waals surface area contributed by atoms with Crippen molar-refractivity contribution in [3.8, 4) is 0 Å². The van der Waals surface area contributed by atoms with Gasteiger partial charge in [0, 0.05) is 24.9 Å². The fourth-order valence-electron chi connectivity index (χ4n) is 1.55. The summed E-state index contributed by atoms with van der Waals surface area (Å²) in [6.07, 6.45) is 1.12. The fraction of sp³-hybridized carbons (Fsp3) is 0.385. The Morgan fingerprint density at radius 3 is 2.38 bits per heavy atom. The van der Waals surface area contributed by atoms with Crippen LogP contribution in [-0.4, -0.2) is 17.7 Å². The van der Waals surface area contributed by atoms with Gasteiger partial charge in [-0.3, -0.25) is 9.59 Å². The molecule has 1 aromatic rings. The molecule has 0 heterocycles. The lowest BCUT2D eigenvalue weighted by atomic mass is 10.0. The maximum Gasteiger partial charge on any atom is 0.217 e. The average Bonchev–Trinajstić information content (AvgIpc) is 2.28. The van der Waals surface area contributed by atoms with Crippen molar-refractivity contribution in [2.24, 2.45) is 0 Å². The van der Waals surface area contributed by atoms with Crippen LogP contribution in [0.5, 0.6) is 0 Å². The van der Waals surface area contributed by atoms with Crippen molar-refractivity contribution in [2.45, 2.75) is 32.7 Å². The number of rotatable bonds is 5. The van der Waals surface area contributed by atoms with Gasteiger partial charge in [-0.15, -0.1) is 0 Å². The minimum Gasteiger partial charge on any atom is -0.353 e. The highest BCUT2D eigenvalue weighted by atomic mass is 16.1. The van der Waals surface area contributed by atoms with E-state index in [1.165, 1.54) is 6.92 Å². The van der Waals surface area contributed by atoms with E-state index in [4.69, 9.17) is 0 Å². The molecule has 0 saturated carbocycles. The third kappa shape index (κ3) is 3.85. The van der Waals surface area contributed by atoms with Crippen LogP contribution in [0, 0.1) is 0 Å². The number of amides is 1. The van der Waals surface area contributed by atoms with E-state index in [9.17, 15) is 9.59 Å². The van der Waals surface area contributed by atoms with Crippen molar-refractivity contribution in [3.63, 3.8) is 0 Å². The number of carbonyl (C=O) groups excluding carboxylic acids is 2. The van der Waals surface area contributed by atoms with Crippen LogP contribution in [0.25, 0.3) is 0 Å². The van der Waals surface area contributed by atoms with Crippen molar-refractivity contribution in [2.75, 3.05) is 0 Å². The van der Waals surface area contributed by atoms with Crippen molar-refractivity contribution < 1.29 is 9.59 Å². The Morgan fingerprint density at radius 1 is 1.25 bits per heavy atom. The molecule has 0 bridgehead atoms. The summed E-state index contributed by atoms with van der Waals surface area (Å²) in [6.45, 7) is 3.43. The van der Waals surface area contributed by atoms with Gasteiger partial charge in [-0.05, 0) is 6.42 Å². The summed E-state index contributed by atoms with van der Waals surface area (Å²) in [5.74, 6) is -0.0195. The first-order chi connectivity index (χ1) is 7.63. The first-order valence-corrected chi connectivity index (χ1v) is 5.48. The maximum atomic E-state index is 11.8. The van der Waals surface area contributed by atoms with Crippen LogP contribution < -0.4 is 5.32 Å². The second kappa shape index (κ2) is 6.05. The number of ketones is 1. The molecule has 0 spiro atoms. The summed E-state index contributed by atoms with van der Waals surface area (Å²) >= 11 is 0. The molecule has 0 radical (unpaired) electrons. The van der Waals surface area contributed by atoms with Gasteiger partial charge in [0.05, 0.1) is 0 Å². The molecule has 0 aliphatic rings. The van der Waals surface area contributed by atoms with E-state index in [0.29, 0.717) is 12.0 Å². The second-order valence-electron chi connectivity index (χ2n) is 3.80. The molecule has 1 N–H and O–H groups in total. The van der Waals surface area contributed by atoms with Gasteiger partial charge in [0.2, 0.25) is 5.91 Å². The monoisotopic (exact) mass is 219 g/mol. The van der Waals surface area contributed by atoms with E-state index in [-0.39, 0.29) is 17.7 Å². The molecule has 1 atom stereocenters. The number of benzene rings is 1. The van der Waals surface area contributed by atoms with Gasteiger partial charge in [0.1, 0.15) is 0 Å². The Morgan fingerprint density at radius 2 is 1.88 bits per heavy atom. The molecule has 3 nitrogen and oxygen atoms in total. The Hall–Kier alpha value is -1.64. The van der Waals surface area contributed by atoms with Gasteiger partial charge in [-0.25, -0.2) is 0 Å². The zero-order chi connectivity index (χ0) is 12.0. The quantitative estimate of drug-likeness (QED) is 0.771. The van der Waals surface area contributed by atoms with Gasteiger partial charge in [0.25, 0.3) is 0 Å². The van der Waals surface area contributed by atoms with E-state index < -0.39 is 0 Å².